The van der Waals surface area contributed by atoms with Crippen molar-refractivity contribution in [3.05, 3.63) is 59.9 Å². The van der Waals surface area contributed by atoms with Crippen molar-refractivity contribution in [2.75, 3.05) is 18.4 Å². The number of carbonyl (C=O) groups is 1. The Kier molecular flexibility index (Phi) is 7.10. The maximum absolute atomic E-state index is 13.8. The Labute approximate surface area is 177 Å². The Morgan fingerprint density at radius 1 is 1.13 bits per heavy atom. The van der Waals surface area contributed by atoms with Crippen LogP contribution in [0.4, 0.5) is 10.1 Å². The van der Waals surface area contributed by atoms with Crippen molar-refractivity contribution in [1.29, 1.82) is 0 Å². The zero-order chi connectivity index (χ0) is 21.7. The van der Waals surface area contributed by atoms with Gasteiger partial charge in [0, 0.05) is 24.6 Å². The summed E-state index contributed by atoms with van der Waals surface area (Å²) in [7, 11) is -3.65. The van der Waals surface area contributed by atoms with Crippen LogP contribution in [0.3, 0.4) is 0 Å². The van der Waals surface area contributed by atoms with Gasteiger partial charge in [0.05, 0.1) is 17.5 Å². The van der Waals surface area contributed by atoms with E-state index in [1.807, 2.05) is 26.0 Å². The zero-order valence-corrected chi connectivity index (χ0v) is 18.0. The van der Waals surface area contributed by atoms with Gasteiger partial charge >= 0.3 is 0 Å². The predicted molar refractivity (Wildman–Crippen MR) is 114 cm³/mol. The highest BCUT2D eigenvalue weighted by molar-refractivity contribution is 7.88. The molecule has 2 aromatic carbocycles. The summed E-state index contributed by atoms with van der Waals surface area (Å²) in [6.07, 6.45) is 0.802. The minimum Gasteiger partial charge on any atom is -0.489 e. The monoisotopic (exact) mass is 434 g/mol. The Bertz CT molecular complexity index is 986. The highest BCUT2D eigenvalue weighted by atomic mass is 32.2. The fourth-order valence-corrected chi connectivity index (χ4v) is 5.04. The third-order valence-corrected chi connectivity index (χ3v) is 6.85. The van der Waals surface area contributed by atoms with Gasteiger partial charge in [-0.1, -0.05) is 30.3 Å². The van der Waals surface area contributed by atoms with E-state index < -0.39 is 15.8 Å². The van der Waals surface area contributed by atoms with Gasteiger partial charge in [-0.05, 0) is 44.9 Å². The molecule has 1 heterocycles. The van der Waals surface area contributed by atoms with Crippen LogP contribution in [0.15, 0.2) is 48.5 Å². The highest BCUT2D eigenvalue weighted by Crippen LogP contribution is 2.28. The molecule has 0 unspecified atom stereocenters. The molecule has 6 nitrogen and oxygen atoms in total. The van der Waals surface area contributed by atoms with Crippen LogP contribution in [0.25, 0.3) is 0 Å². The summed E-state index contributed by atoms with van der Waals surface area (Å²) >= 11 is 0. The maximum Gasteiger partial charge on any atom is 0.227 e. The number of carbonyl (C=O) groups excluding carboxylic acids is 1. The maximum atomic E-state index is 13.8. The molecule has 3 rings (SSSR count). The molecule has 8 heteroatoms. The molecule has 30 heavy (non-hydrogen) atoms. The van der Waals surface area contributed by atoms with E-state index in [1.54, 1.807) is 18.2 Å². The number of para-hydroxylation sites is 2. The summed E-state index contributed by atoms with van der Waals surface area (Å²) in [5.41, 5.74) is 0.755. The van der Waals surface area contributed by atoms with E-state index >= 15 is 0 Å². The number of hydrogen-bond acceptors (Lipinski definition) is 4. The molecule has 2 aromatic rings. The Morgan fingerprint density at radius 3 is 2.43 bits per heavy atom. The number of amides is 1. The van der Waals surface area contributed by atoms with E-state index in [1.165, 1.54) is 22.5 Å². The number of sulfonamides is 1. The van der Waals surface area contributed by atoms with Gasteiger partial charge < -0.3 is 10.1 Å². The van der Waals surface area contributed by atoms with Crippen molar-refractivity contribution in [3.63, 3.8) is 0 Å². The third kappa shape index (κ3) is 5.58. The first-order valence-corrected chi connectivity index (χ1v) is 11.6. The Hall–Kier alpha value is -2.45. The molecule has 0 radical (unpaired) electrons. The fraction of sp³-hybridized carbons (Fsp3) is 0.409. The quantitative estimate of drug-likeness (QED) is 0.719. The van der Waals surface area contributed by atoms with Crippen LogP contribution in [-0.2, 0) is 20.6 Å². The van der Waals surface area contributed by atoms with E-state index in [0.717, 1.165) is 0 Å². The van der Waals surface area contributed by atoms with Crippen LogP contribution in [-0.4, -0.2) is 37.8 Å². The number of nitrogens with zero attached hydrogens (tertiary/aromatic N) is 1. The topological polar surface area (TPSA) is 75.7 Å². The predicted octanol–water partition coefficient (Wildman–Crippen LogP) is 3.79. The van der Waals surface area contributed by atoms with Gasteiger partial charge in [-0.25, -0.2) is 17.1 Å². The van der Waals surface area contributed by atoms with Crippen LogP contribution < -0.4 is 10.1 Å². The number of ether oxygens (including phenoxy) is 1. The summed E-state index contributed by atoms with van der Waals surface area (Å²) in [6, 6.07) is 13.1. The number of piperidine rings is 1. The SMILES string of the molecule is CC(C)Oc1ccccc1NC(=O)C1CCN(S(=O)(=O)Cc2ccccc2F)CC1. The van der Waals surface area contributed by atoms with Gasteiger partial charge in [-0.15, -0.1) is 0 Å². The van der Waals surface area contributed by atoms with Crippen LogP contribution in [0, 0.1) is 11.7 Å². The van der Waals surface area contributed by atoms with Crippen LogP contribution in [0.5, 0.6) is 5.75 Å². The lowest BCUT2D eigenvalue weighted by atomic mass is 9.97. The van der Waals surface area contributed by atoms with Crippen molar-refractivity contribution < 1.29 is 22.3 Å². The van der Waals surface area contributed by atoms with Crippen molar-refractivity contribution in [1.82, 2.24) is 4.31 Å². The molecular weight excluding hydrogens is 407 g/mol. The van der Waals surface area contributed by atoms with E-state index in [0.29, 0.717) is 24.3 Å². The Morgan fingerprint density at radius 2 is 1.77 bits per heavy atom. The van der Waals surface area contributed by atoms with Gasteiger partial charge in [0.15, 0.2) is 0 Å². The molecule has 1 aliphatic rings. The molecule has 0 saturated carbocycles. The number of rotatable bonds is 7. The number of anilines is 1. The minimum atomic E-state index is -3.65. The van der Waals surface area contributed by atoms with Crippen molar-refractivity contribution >= 4 is 21.6 Å². The second-order valence-corrected chi connectivity index (χ2v) is 9.64. The lowest BCUT2D eigenvalue weighted by molar-refractivity contribution is -0.120. The normalized spacial score (nSPS) is 15.9. The van der Waals surface area contributed by atoms with Crippen LogP contribution in [0.2, 0.25) is 0 Å². The standard InChI is InChI=1S/C22H27FN2O4S/c1-16(2)29-21-10-6-5-9-20(21)24-22(26)17-11-13-25(14-12-17)30(27,28)15-18-7-3-4-8-19(18)23/h3-10,16-17H,11-15H2,1-2H3,(H,24,26). The largest absolute Gasteiger partial charge is 0.489 e. The van der Waals surface area contributed by atoms with Gasteiger partial charge in [-0.3, -0.25) is 4.79 Å². The lowest BCUT2D eigenvalue weighted by Crippen LogP contribution is -2.42. The fourth-order valence-electron chi connectivity index (χ4n) is 3.46. The third-order valence-electron chi connectivity index (χ3n) is 5.02. The second-order valence-electron chi connectivity index (χ2n) is 7.67. The number of benzene rings is 2. The van der Waals surface area contributed by atoms with E-state index in [9.17, 15) is 17.6 Å². The molecule has 1 fully saturated rings. The molecule has 0 aromatic heterocycles. The number of nitrogens with one attached hydrogen (secondary N) is 1. The van der Waals surface area contributed by atoms with Gasteiger partial charge in [0.1, 0.15) is 11.6 Å². The molecule has 0 bridgehead atoms. The van der Waals surface area contributed by atoms with Crippen molar-refractivity contribution in [2.45, 2.75) is 38.5 Å². The molecule has 1 saturated heterocycles. The Balaban J connectivity index is 1.59. The molecule has 162 valence electrons. The molecule has 0 spiro atoms. The van der Waals surface area contributed by atoms with Crippen LogP contribution in [0.1, 0.15) is 32.3 Å². The summed E-state index contributed by atoms with van der Waals surface area (Å²) in [4.78, 5) is 12.7. The van der Waals surface area contributed by atoms with Gasteiger partial charge in [0.2, 0.25) is 15.9 Å². The summed E-state index contributed by atoms with van der Waals surface area (Å²) in [5.74, 6) is -0.752. The number of hydrogen-bond donors (Lipinski definition) is 1. The second kappa shape index (κ2) is 9.57. The minimum absolute atomic E-state index is 0.0223. The molecule has 1 N–H and O–H groups in total. The average Bonchev–Trinajstić information content (AvgIpc) is 2.71. The summed E-state index contributed by atoms with van der Waals surface area (Å²) in [5, 5.41) is 2.90. The van der Waals surface area contributed by atoms with E-state index in [-0.39, 0.29) is 42.3 Å². The summed E-state index contributed by atoms with van der Waals surface area (Å²) in [6.45, 7) is 4.30. The molecule has 0 atom stereocenters. The first kappa shape index (κ1) is 22.2. The van der Waals surface area contributed by atoms with E-state index in [4.69, 9.17) is 4.74 Å². The lowest BCUT2D eigenvalue weighted by Gasteiger charge is -2.30. The van der Waals surface area contributed by atoms with Crippen LogP contribution >= 0.6 is 0 Å². The molecule has 0 aliphatic carbocycles. The zero-order valence-electron chi connectivity index (χ0n) is 17.2. The molecular formula is C22H27FN2O4S. The van der Waals surface area contributed by atoms with Crippen molar-refractivity contribution in [2.24, 2.45) is 5.92 Å². The van der Waals surface area contributed by atoms with Gasteiger partial charge in [-0.2, -0.15) is 0 Å². The highest BCUT2D eigenvalue weighted by Gasteiger charge is 2.32. The van der Waals surface area contributed by atoms with Gasteiger partial charge in [0.25, 0.3) is 0 Å². The number of halogens is 1. The van der Waals surface area contributed by atoms with Crippen molar-refractivity contribution in [3.8, 4) is 5.75 Å². The first-order chi connectivity index (χ1) is 14.3. The van der Waals surface area contributed by atoms with E-state index in [2.05, 4.69) is 5.32 Å². The molecule has 1 amide bonds. The molecule has 1 aliphatic heterocycles. The first-order valence-electron chi connectivity index (χ1n) is 10.0. The summed E-state index contributed by atoms with van der Waals surface area (Å²) < 4.78 is 46.2. The average molecular weight is 435 g/mol. The smallest absolute Gasteiger partial charge is 0.227 e.